The molecule has 2 aliphatic rings. The Kier molecular flexibility index (Phi) is 4.92. The number of imide groups is 1. The van der Waals surface area contributed by atoms with Gasteiger partial charge >= 0.3 is 6.03 Å². The molecule has 0 radical (unpaired) electrons. The van der Waals surface area contributed by atoms with Crippen LogP contribution in [0.25, 0.3) is 10.8 Å². The second kappa shape index (κ2) is 7.69. The Bertz CT molecular complexity index is 1270. The van der Waals surface area contributed by atoms with Gasteiger partial charge in [-0.3, -0.25) is 14.5 Å². The number of rotatable bonds is 5. The topological polar surface area (TPSA) is 78.5 Å². The summed E-state index contributed by atoms with van der Waals surface area (Å²) in [5, 5.41) is 7.74. The molecule has 4 amide bonds. The smallest absolute Gasteiger partial charge is 0.325 e. The average molecular weight is 445 g/mol. The van der Waals surface area contributed by atoms with Crippen LogP contribution >= 0.6 is 0 Å². The highest BCUT2D eigenvalue weighted by atomic mass is 19.1. The fourth-order valence-electron chi connectivity index (χ4n) is 4.77. The Morgan fingerprint density at radius 1 is 1.00 bits per heavy atom. The third-order valence-electron chi connectivity index (χ3n) is 6.89. The summed E-state index contributed by atoms with van der Waals surface area (Å²) in [5.74, 6) is -1.24. The summed E-state index contributed by atoms with van der Waals surface area (Å²) >= 11 is 0. The molecule has 0 aromatic heterocycles. The summed E-state index contributed by atoms with van der Waals surface area (Å²) in [6.45, 7) is 1.28. The maximum absolute atomic E-state index is 13.3. The SMILES string of the molecule is CC1(c2ccc3ccccc3c2)NC(=O)N(CC(=O)NC2(c3ccc(F)cc3)CCC2)C1=O. The van der Waals surface area contributed by atoms with Crippen molar-refractivity contribution < 1.29 is 18.8 Å². The average Bonchev–Trinajstić information content (AvgIpc) is 3.00. The highest BCUT2D eigenvalue weighted by Crippen LogP contribution is 2.41. The normalized spacial score (nSPS) is 21.6. The summed E-state index contributed by atoms with van der Waals surface area (Å²) in [6, 6.07) is 18.9. The van der Waals surface area contributed by atoms with Gasteiger partial charge in [0.05, 0.1) is 5.54 Å². The van der Waals surface area contributed by atoms with Gasteiger partial charge in [-0.2, -0.15) is 0 Å². The molecule has 3 aromatic carbocycles. The van der Waals surface area contributed by atoms with Gasteiger partial charge in [0.15, 0.2) is 0 Å². The fourth-order valence-corrected chi connectivity index (χ4v) is 4.77. The van der Waals surface area contributed by atoms with Crippen LogP contribution in [0.15, 0.2) is 66.7 Å². The van der Waals surface area contributed by atoms with Crippen molar-refractivity contribution in [1.82, 2.24) is 15.5 Å². The second-order valence-corrected chi connectivity index (χ2v) is 9.00. The molecule has 1 unspecified atom stereocenters. The first kappa shape index (κ1) is 21.1. The van der Waals surface area contributed by atoms with E-state index in [4.69, 9.17) is 0 Å². The lowest BCUT2D eigenvalue weighted by molar-refractivity contribution is -0.135. The largest absolute Gasteiger partial charge is 0.345 e. The molecule has 1 atom stereocenters. The van der Waals surface area contributed by atoms with Crippen molar-refractivity contribution in [3.8, 4) is 0 Å². The molecule has 1 heterocycles. The zero-order valence-electron chi connectivity index (χ0n) is 18.2. The maximum atomic E-state index is 13.3. The molecule has 7 heteroatoms. The summed E-state index contributed by atoms with van der Waals surface area (Å²) < 4.78 is 13.3. The van der Waals surface area contributed by atoms with Crippen molar-refractivity contribution in [2.75, 3.05) is 6.54 Å². The third kappa shape index (κ3) is 3.53. The van der Waals surface area contributed by atoms with Crippen LogP contribution in [0.5, 0.6) is 0 Å². The first-order valence-electron chi connectivity index (χ1n) is 11.0. The van der Waals surface area contributed by atoms with Gasteiger partial charge in [-0.15, -0.1) is 0 Å². The summed E-state index contributed by atoms with van der Waals surface area (Å²) in [4.78, 5) is 39.9. The standard InChI is InChI=1S/C26H24FN3O3/c1-25(20-8-7-17-5-2-3-6-18(17)15-20)23(32)30(24(33)29-25)16-22(31)28-26(13-4-14-26)19-9-11-21(27)12-10-19/h2-3,5-12,15H,4,13-14,16H2,1H3,(H,28,31)(H,29,33). The summed E-state index contributed by atoms with van der Waals surface area (Å²) in [5.41, 5.74) is -0.371. The number of nitrogens with one attached hydrogen (secondary N) is 2. The molecular formula is C26H24FN3O3. The van der Waals surface area contributed by atoms with E-state index in [2.05, 4.69) is 10.6 Å². The van der Waals surface area contributed by atoms with E-state index in [1.807, 2.05) is 42.5 Å². The molecule has 33 heavy (non-hydrogen) atoms. The van der Waals surface area contributed by atoms with Crippen LogP contribution in [0.4, 0.5) is 9.18 Å². The van der Waals surface area contributed by atoms with Gasteiger partial charge in [-0.05, 0) is 66.3 Å². The Morgan fingerprint density at radius 2 is 1.67 bits per heavy atom. The minimum Gasteiger partial charge on any atom is -0.345 e. The van der Waals surface area contributed by atoms with Gasteiger partial charge < -0.3 is 10.6 Å². The van der Waals surface area contributed by atoms with Gasteiger partial charge in [0.1, 0.15) is 17.9 Å². The van der Waals surface area contributed by atoms with Gasteiger partial charge in [0.25, 0.3) is 5.91 Å². The predicted molar refractivity (Wildman–Crippen MR) is 122 cm³/mol. The Labute approximate surface area is 190 Å². The molecule has 0 spiro atoms. The lowest BCUT2D eigenvalue weighted by Gasteiger charge is -2.43. The maximum Gasteiger partial charge on any atom is 0.325 e. The summed E-state index contributed by atoms with van der Waals surface area (Å²) in [6.07, 6.45) is 2.37. The summed E-state index contributed by atoms with van der Waals surface area (Å²) in [7, 11) is 0. The van der Waals surface area contributed by atoms with Crippen LogP contribution in [0.1, 0.15) is 37.3 Å². The zero-order valence-corrected chi connectivity index (χ0v) is 18.2. The van der Waals surface area contributed by atoms with Crippen LogP contribution in [0.2, 0.25) is 0 Å². The van der Waals surface area contributed by atoms with Crippen LogP contribution < -0.4 is 10.6 Å². The molecule has 2 N–H and O–H groups in total. The number of benzene rings is 3. The quantitative estimate of drug-likeness (QED) is 0.584. The number of fused-ring (bicyclic) bond motifs is 1. The van der Waals surface area contributed by atoms with Crippen LogP contribution in [0.3, 0.4) is 0 Å². The van der Waals surface area contributed by atoms with Crippen LogP contribution in [0, 0.1) is 5.82 Å². The molecule has 0 bridgehead atoms. The van der Waals surface area contributed by atoms with Gasteiger partial charge in [-0.25, -0.2) is 9.18 Å². The molecule has 168 valence electrons. The first-order valence-corrected chi connectivity index (χ1v) is 11.0. The third-order valence-corrected chi connectivity index (χ3v) is 6.89. The Morgan fingerprint density at radius 3 is 2.33 bits per heavy atom. The van der Waals surface area contributed by atoms with Crippen LogP contribution in [-0.4, -0.2) is 29.3 Å². The molecule has 1 saturated carbocycles. The fraction of sp³-hybridized carbons (Fsp3) is 0.269. The number of carbonyl (C=O) groups is 3. The van der Waals surface area contributed by atoms with E-state index < -0.39 is 28.9 Å². The first-order chi connectivity index (χ1) is 15.8. The van der Waals surface area contributed by atoms with Crippen molar-refractivity contribution >= 4 is 28.6 Å². The van der Waals surface area contributed by atoms with Crippen molar-refractivity contribution in [2.24, 2.45) is 0 Å². The van der Waals surface area contributed by atoms with Crippen molar-refractivity contribution in [3.63, 3.8) is 0 Å². The van der Waals surface area contributed by atoms with Crippen LogP contribution in [-0.2, 0) is 20.7 Å². The molecule has 2 fully saturated rings. The zero-order chi connectivity index (χ0) is 23.2. The number of urea groups is 1. The molecular weight excluding hydrogens is 421 g/mol. The lowest BCUT2D eigenvalue weighted by Crippen LogP contribution is -2.54. The van der Waals surface area contributed by atoms with E-state index in [9.17, 15) is 18.8 Å². The van der Waals surface area contributed by atoms with Crippen molar-refractivity contribution in [1.29, 1.82) is 0 Å². The van der Waals surface area contributed by atoms with Gasteiger partial charge in [0.2, 0.25) is 5.91 Å². The monoisotopic (exact) mass is 445 g/mol. The number of amides is 4. The van der Waals surface area contributed by atoms with Crippen molar-refractivity contribution in [2.45, 2.75) is 37.3 Å². The second-order valence-electron chi connectivity index (χ2n) is 9.00. The molecule has 1 aliphatic carbocycles. The predicted octanol–water partition coefficient (Wildman–Crippen LogP) is 3.94. The van der Waals surface area contributed by atoms with E-state index >= 15 is 0 Å². The number of hydrogen-bond donors (Lipinski definition) is 2. The van der Waals surface area contributed by atoms with E-state index in [0.717, 1.165) is 40.5 Å². The highest BCUT2D eigenvalue weighted by Gasteiger charge is 2.50. The van der Waals surface area contributed by atoms with E-state index in [1.54, 1.807) is 19.1 Å². The van der Waals surface area contributed by atoms with E-state index in [1.165, 1.54) is 12.1 Å². The minimum absolute atomic E-state index is 0.341. The number of halogens is 1. The molecule has 1 aliphatic heterocycles. The number of nitrogens with zero attached hydrogens (tertiary/aromatic N) is 1. The molecule has 6 nitrogen and oxygen atoms in total. The number of hydrogen-bond acceptors (Lipinski definition) is 3. The molecule has 5 rings (SSSR count). The molecule has 1 saturated heterocycles. The van der Waals surface area contributed by atoms with Gasteiger partial charge in [0, 0.05) is 0 Å². The van der Waals surface area contributed by atoms with E-state index in [-0.39, 0.29) is 12.4 Å². The van der Waals surface area contributed by atoms with E-state index in [0.29, 0.717) is 5.56 Å². The Hall–Kier alpha value is -3.74. The van der Waals surface area contributed by atoms with Gasteiger partial charge in [-0.1, -0.05) is 48.5 Å². The minimum atomic E-state index is -1.26. The molecule has 3 aromatic rings. The number of carbonyl (C=O) groups excluding carboxylic acids is 3. The lowest BCUT2D eigenvalue weighted by atomic mass is 9.71. The Balaban J connectivity index is 1.34. The highest BCUT2D eigenvalue weighted by molar-refractivity contribution is 6.09. The van der Waals surface area contributed by atoms with Crippen molar-refractivity contribution in [3.05, 3.63) is 83.7 Å².